The number of aryl methyl sites for hydroxylation is 1. The molecule has 5 rings (SSSR count). The minimum atomic E-state index is 0.258. The van der Waals surface area contributed by atoms with Crippen molar-refractivity contribution in [2.24, 2.45) is 0 Å². The third kappa shape index (κ3) is 3.97. The fourth-order valence-electron chi connectivity index (χ4n) is 4.29. The van der Waals surface area contributed by atoms with Crippen molar-refractivity contribution >= 4 is 0 Å². The summed E-state index contributed by atoms with van der Waals surface area (Å²) in [4.78, 5) is 9.25. The van der Waals surface area contributed by atoms with E-state index in [9.17, 15) is 0 Å². The Morgan fingerprint density at radius 2 is 1.81 bits per heavy atom. The van der Waals surface area contributed by atoms with E-state index in [2.05, 4.69) is 52.0 Å². The zero-order chi connectivity index (χ0) is 21.0. The van der Waals surface area contributed by atoms with Crippen molar-refractivity contribution < 1.29 is 9.47 Å². The van der Waals surface area contributed by atoms with Gasteiger partial charge in [0.2, 0.25) is 0 Å². The molecule has 0 N–H and O–H groups in total. The number of pyridine rings is 1. The molecular formula is C26H25N3O2. The highest BCUT2D eigenvalue weighted by atomic mass is 16.5. The lowest BCUT2D eigenvalue weighted by molar-refractivity contribution is 0.0924. The summed E-state index contributed by atoms with van der Waals surface area (Å²) in [6.07, 6.45) is 5.67. The van der Waals surface area contributed by atoms with Crippen molar-refractivity contribution in [2.45, 2.75) is 25.5 Å². The molecule has 156 valence electrons. The standard InChI is InChI=1S/C26H25N3O2/c1-30-23-9-5-6-19(16-23)17-31-18-22-10-11-24-28-25(20-7-3-2-4-8-20)26(29(22)24)21-12-14-27-15-13-21/h2-9,12-16,22H,10-11,17-18H2,1H3. The van der Waals surface area contributed by atoms with Crippen LogP contribution in [0, 0.1) is 0 Å². The van der Waals surface area contributed by atoms with Crippen LogP contribution >= 0.6 is 0 Å². The van der Waals surface area contributed by atoms with Crippen molar-refractivity contribution in [1.82, 2.24) is 14.5 Å². The van der Waals surface area contributed by atoms with Crippen molar-refractivity contribution in [3.63, 3.8) is 0 Å². The number of benzene rings is 2. The van der Waals surface area contributed by atoms with Gasteiger partial charge in [0, 0.05) is 29.9 Å². The van der Waals surface area contributed by atoms with E-state index in [0.29, 0.717) is 13.2 Å². The molecule has 0 aliphatic carbocycles. The van der Waals surface area contributed by atoms with Crippen LogP contribution in [0.3, 0.4) is 0 Å². The van der Waals surface area contributed by atoms with Gasteiger partial charge in [0.05, 0.1) is 37.8 Å². The summed E-state index contributed by atoms with van der Waals surface area (Å²) in [5.41, 5.74) is 5.55. The largest absolute Gasteiger partial charge is 0.497 e. The zero-order valence-electron chi connectivity index (χ0n) is 17.6. The molecule has 0 radical (unpaired) electrons. The maximum atomic E-state index is 6.15. The van der Waals surface area contributed by atoms with Crippen LogP contribution in [-0.4, -0.2) is 28.3 Å². The molecule has 2 aromatic carbocycles. The molecule has 0 fully saturated rings. The molecule has 4 aromatic rings. The Morgan fingerprint density at radius 3 is 2.61 bits per heavy atom. The summed E-state index contributed by atoms with van der Waals surface area (Å²) in [5.74, 6) is 1.98. The van der Waals surface area contributed by atoms with Gasteiger partial charge in [-0.1, -0.05) is 42.5 Å². The van der Waals surface area contributed by atoms with Crippen LogP contribution in [0.25, 0.3) is 22.5 Å². The van der Waals surface area contributed by atoms with Gasteiger partial charge in [-0.15, -0.1) is 0 Å². The number of imidazole rings is 1. The first-order valence-electron chi connectivity index (χ1n) is 10.6. The highest BCUT2D eigenvalue weighted by Crippen LogP contribution is 2.39. The second kappa shape index (κ2) is 8.74. The Hall–Kier alpha value is -3.44. The highest BCUT2D eigenvalue weighted by Gasteiger charge is 2.30. The second-order valence-electron chi connectivity index (χ2n) is 7.76. The molecule has 31 heavy (non-hydrogen) atoms. The van der Waals surface area contributed by atoms with Crippen molar-refractivity contribution in [3.05, 3.63) is 90.5 Å². The van der Waals surface area contributed by atoms with Gasteiger partial charge in [0.25, 0.3) is 0 Å². The van der Waals surface area contributed by atoms with Gasteiger partial charge in [0.15, 0.2) is 0 Å². The van der Waals surface area contributed by atoms with Crippen LogP contribution < -0.4 is 4.74 Å². The van der Waals surface area contributed by atoms with Gasteiger partial charge in [-0.25, -0.2) is 4.98 Å². The third-order valence-electron chi connectivity index (χ3n) is 5.76. The molecule has 0 spiro atoms. The van der Waals surface area contributed by atoms with Gasteiger partial charge in [-0.3, -0.25) is 4.98 Å². The number of hydrogen-bond acceptors (Lipinski definition) is 4. The minimum absolute atomic E-state index is 0.258. The monoisotopic (exact) mass is 411 g/mol. The molecule has 0 amide bonds. The van der Waals surface area contributed by atoms with Crippen LogP contribution in [0.1, 0.15) is 23.9 Å². The minimum Gasteiger partial charge on any atom is -0.497 e. The Labute approximate surface area is 182 Å². The summed E-state index contributed by atoms with van der Waals surface area (Å²) >= 11 is 0. The van der Waals surface area contributed by atoms with E-state index >= 15 is 0 Å². The quantitative estimate of drug-likeness (QED) is 0.413. The maximum Gasteiger partial charge on any atom is 0.119 e. The van der Waals surface area contributed by atoms with Gasteiger partial charge in [-0.2, -0.15) is 0 Å². The van der Waals surface area contributed by atoms with E-state index in [1.165, 1.54) is 0 Å². The summed E-state index contributed by atoms with van der Waals surface area (Å²) in [6, 6.07) is 22.8. The fraction of sp³-hybridized carbons (Fsp3) is 0.231. The van der Waals surface area contributed by atoms with E-state index in [-0.39, 0.29) is 6.04 Å². The number of rotatable bonds is 7. The zero-order valence-corrected chi connectivity index (χ0v) is 17.6. The number of aromatic nitrogens is 3. The summed E-state index contributed by atoms with van der Waals surface area (Å²) < 4.78 is 13.8. The summed E-state index contributed by atoms with van der Waals surface area (Å²) in [7, 11) is 1.68. The lowest BCUT2D eigenvalue weighted by Gasteiger charge is -2.18. The summed E-state index contributed by atoms with van der Waals surface area (Å²) in [5, 5.41) is 0. The molecule has 5 nitrogen and oxygen atoms in total. The predicted octanol–water partition coefficient (Wildman–Crippen LogP) is 5.32. The molecule has 1 aliphatic rings. The molecular weight excluding hydrogens is 386 g/mol. The van der Waals surface area contributed by atoms with Gasteiger partial charge in [-0.05, 0) is 36.2 Å². The van der Waals surface area contributed by atoms with E-state index in [0.717, 1.165) is 52.5 Å². The smallest absolute Gasteiger partial charge is 0.119 e. The van der Waals surface area contributed by atoms with Gasteiger partial charge < -0.3 is 14.0 Å². The molecule has 1 aliphatic heterocycles. The van der Waals surface area contributed by atoms with E-state index in [1.54, 1.807) is 7.11 Å². The molecule has 0 bridgehead atoms. The van der Waals surface area contributed by atoms with Crippen molar-refractivity contribution in [1.29, 1.82) is 0 Å². The average molecular weight is 412 g/mol. The lowest BCUT2D eigenvalue weighted by atomic mass is 10.0. The number of nitrogens with zero attached hydrogens (tertiary/aromatic N) is 3. The molecule has 1 unspecified atom stereocenters. The van der Waals surface area contributed by atoms with Crippen molar-refractivity contribution in [2.75, 3.05) is 13.7 Å². The van der Waals surface area contributed by atoms with Crippen molar-refractivity contribution in [3.8, 4) is 28.3 Å². The lowest BCUT2D eigenvalue weighted by Crippen LogP contribution is -2.13. The molecule has 1 atom stereocenters. The Bertz CT molecular complexity index is 1160. The number of hydrogen-bond donors (Lipinski definition) is 0. The second-order valence-corrected chi connectivity index (χ2v) is 7.76. The van der Waals surface area contributed by atoms with Gasteiger partial charge in [0.1, 0.15) is 11.6 Å². The van der Waals surface area contributed by atoms with Crippen LogP contribution in [0.15, 0.2) is 79.1 Å². The Morgan fingerprint density at radius 1 is 0.968 bits per heavy atom. The van der Waals surface area contributed by atoms with E-state index < -0.39 is 0 Å². The van der Waals surface area contributed by atoms with Crippen LogP contribution in [-0.2, 0) is 17.8 Å². The molecule has 0 saturated carbocycles. The van der Waals surface area contributed by atoms with E-state index in [4.69, 9.17) is 14.5 Å². The third-order valence-corrected chi connectivity index (χ3v) is 5.76. The first-order chi connectivity index (χ1) is 15.3. The fourth-order valence-corrected chi connectivity index (χ4v) is 4.29. The van der Waals surface area contributed by atoms with E-state index in [1.807, 2.05) is 36.7 Å². The normalized spacial score (nSPS) is 15.1. The maximum absolute atomic E-state index is 6.15. The predicted molar refractivity (Wildman–Crippen MR) is 121 cm³/mol. The topological polar surface area (TPSA) is 49.2 Å². The molecule has 3 heterocycles. The number of methoxy groups -OCH3 is 1. The first kappa shape index (κ1) is 19.5. The SMILES string of the molecule is COc1cccc(COCC2CCc3nc(-c4ccccc4)c(-c4ccncc4)n32)c1. The number of fused-ring (bicyclic) bond motifs is 1. The Kier molecular flexibility index (Phi) is 5.50. The Balaban J connectivity index is 1.43. The molecule has 0 saturated heterocycles. The highest BCUT2D eigenvalue weighted by molar-refractivity contribution is 5.79. The van der Waals surface area contributed by atoms with Crippen LogP contribution in [0.4, 0.5) is 0 Å². The van der Waals surface area contributed by atoms with Crippen LogP contribution in [0.5, 0.6) is 5.75 Å². The van der Waals surface area contributed by atoms with Crippen LogP contribution in [0.2, 0.25) is 0 Å². The molecule has 2 aromatic heterocycles. The summed E-state index contributed by atoms with van der Waals surface area (Å²) in [6.45, 7) is 1.21. The molecule has 5 heteroatoms. The average Bonchev–Trinajstić information content (AvgIpc) is 3.40. The van der Waals surface area contributed by atoms with Gasteiger partial charge >= 0.3 is 0 Å². The number of ether oxygens (including phenoxy) is 2. The first-order valence-corrected chi connectivity index (χ1v) is 10.6.